The number of hydrogen-bond acceptors (Lipinski definition) is 2. The second-order valence-corrected chi connectivity index (χ2v) is 6.58. The molecular formula is C14H19NS. The lowest BCUT2D eigenvalue weighted by Crippen LogP contribution is -2.32. The number of benzene rings is 1. The van der Waals surface area contributed by atoms with E-state index in [1.165, 1.54) is 36.1 Å². The minimum Gasteiger partial charge on any atom is -0.308 e. The topological polar surface area (TPSA) is 12.0 Å². The molecule has 2 aliphatic rings. The Hall–Kier alpha value is -0.470. The van der Waals surface area contributed by atoms with Gasteiger partial charge in [0.05, 0.1) is 0 Å². The highest BCUT2D eigenvalue weighted by Gasteiger charge is 2.29. The summed E-state index contributed by atoms with van der Waals surface area (Å²) >= 11 is 2.04. The van der Waals surface area contributed by atoms with Crippen LogP contribution in [0.1, 0.15) is 38.2 Å². The molecule has 1 atom stereocenters. The van der Waals surface area contributed by atoms with Gasteiger partial charge < -0.3 is 5.32 Å². The van der Waals surface area contributed by atoms with Crippen molar-refractivity contribution in [3.8, 4) is 0 Å². The van der Waals surface area contributed by atoms with Crippen molar-refractivity contribution < 1.29 is 0 Å². The average Bonchev–Trinajstić information content (AvgIpc) is 3.00. The van der Waals surface area contributed by atoms with Gasteiger partial charge in [-0.2, -0.15) is 0 Å². The standard InChI is InChI=1S/C14H19NS/c1-14(9-2-10-15-14)11-3-5-12(6-4-11)16-13-7-8-13/h3-6,13,15H,2,7-10H2,1H3. The van der Waals surface area contributed by atoms with E-state index in [1.807, 2.05) is 11.8 Å². The van der Waals surface area contributed by atoms with E-state index in [9.17, 15) is 0 Å². The molecule has 1 aromatic carbocycles. The Morgan fingerprint density at radius 3 is 2.56 bits per heavy atom. The van der Waals surface area contributed by atoms with E-state index < -0.39 is 0 Å². The van der Waals surface area contributed by atoms with E-state index in [0.717, 1.165) is 11.8 Å². The van der Waals surface area contributed by atoms with Crippen molar-refractivity contribution in [1.29, 1.82) is 0 Å². The van der Waals surface area contributed by atoms with E-state index in [4.69, 9.17) is 0 Å². The highest BCUT2D eigenvalue weighted by molar-refractivity contribution is 8.00. The van der Waals surface area contributed by atoms with E-state index in [2.05, 4.69) is 36.5 Å². The smallest absolute Gasteiger partial charge is 0.0406 e. The molecule has 1 saturated carbocycles. The van der Waals surface area contributed by atoms with Gasteiger partial charge in [-0.1, -0.05) is 12.1 Å². The molecule has 86 valence electrons. The molecule has 1 unspecified atom stereocenters. The van der Waals surface area contributed by atoms with Crippen LogP contribution in [0.25, 0.3) is 0 Å². The van der Waals surface area contributed by atoms with Gasteiger partial charge in [-0.3, -0.25) is 0 Å². The Balaban J connectivity index is 1.75. The van der Waals surface area contributed by atoms with Gasteiger partial charge in [0.1, 0.15) is 0 Å². The number of thioether (sulfide) groups is 1. The van der Waals surface area contributed by atoms with E-state index in [-0.39, 0.29) is 5.54 Å². The first-order valence-electron chi connectivity index (χ1n) is 6.28. The van der Waals surface area contributed by atoms with Crippen LogP contribution in [0.4, 0.5) is 0 Å². The predicted octanol–water partition coefficient (Wildman–Crippen LogP) is 3.54. The highest BCUT2D eigenvalue weighted by atomic mass is 32.2. The summed E-state index contributed by atoms with van der Waals surface area (Å²) < 4.78 is 0. The molecule has 0 amide bonds. The maximum Gasteiger partial charge on any atom is 0.0406 e. The maximum atomic E-state index is 3.62. The van der Waals surface area contributed by atoms with Crippen molar-refractivity contribution in [2.75, 3.05) is 6.54 Å². The van der Waals surface area contributed by atoms with Gasteiger partial charge >= 0.3 is 0 Å². The fraction of sp³-hybridized carbons (Fsp3) is 0.571. The molecule has 2 heteroatoms. The number of nitrogens with one attached hydrogen (secondary N) is 1. The van der Waals surface area contributed by atoms with Crippen LogP contribution in [0.3, 0.4) is 0 Å². The minimum atomic E-state index is 0.225. The quantitative estimate of drug-likeness (QED) is 0.857. The van der Waals surface area contributed by atoms with Gasteiger partial charge in [0.2, 0.25) is 0 Å². The van der Waals surface area contributed by atoms with E-state index in [1.54, 1.807) is 0 Å². The van der Waals surface area contributed by atoms with Crippen LogP contribution in [0.2, 0.25) is 0 Å². The lowest BCUT2D eigenvalue weighted by Gasteiger charge is -2.25. The molecule has 0 spiro atoms. The Kier molecular flexibility index (Phi) is 2.72. The summed E-state index contributed by atoms with van der Waals surface area (Å²) in [5, 5.41) is 4.52. The second kappa shape index (κ2) is 4.08. The van der Waals surface area contributed by atoms with Crippen LogP contribution in [-0.2, 0) is 5.54 Å². The normalized spacial score (nSPS) is 29.6. The molecule has 16 heavy (non-hydrogen) atoms. The van der Waals surface area contributed by atoms with Gasteiger partial charge in [0, 0.05) is 15.7 Å². The summed E-state index contributed by atoms with van der Waals surface area (Å²) in [5.74, 6) is 0. The third-order valence-corrected chi connectivity index (χ3v) is 5.04. The number of hydrogen-bond donors (Lipinski definition) is 1. The van der Waals surface area contributed by atoms with Crippen molar-refractivity contribution in [2.45, 2.75) is 48.3 Å². The summed E-state index contributed by atoms with van der Waals surface area (Å²) in [6.45, 7) is 3.48. The largest absolute Gasteiger partial charge is 0.308 e. The zero-order valence-corrected chi connectivity index (χ0v) is 10.6. The molecule has 3 rings (SSSR count). The third kappa shape index (κ3) is 2.14. The van der Waals surface area contributed by atoms with Crippen LogP contribution in [-0.4, -0.2) is 11.8 Å². The predicted molar refractivity (Wildman–Crippen MR) is 69.9 cm³/mol. The maximum absolute atomic E-state index is 3.62. The molecule has 1 nitrogen and oxygen atoms in total. The Labute approximate surface area is 102 Å². The molecule has 1 aliphatic heterocycles. The zero-order chi connectivity index (χ0) is 11.0. The molecule has 0 bridgehead atoms. The van der Waals surface area contributed by atoms with Gasteiger partial charge in [0.25, 0.3) is 0 Å². The molecule has 0 radical (unpaired) electrons. The molecule has 0 aromatic heterocycles. The van der Waals surface area contributed by atoms with Crippen molar-refractivity contribution in [2.24, 2.45) is 0 Å². The summed E-state index contributed by atoms with van der Waals surface area (Å²) in [7, 11) is 0. The van der Waals surface area contributed by atoms with Gasteiger partial charge in [-0.25, -0.2) is 0 Å². The van der Waals surface area contributed by atoms with Crippen molar-refractivity contribution >= 4 is 11.8 Å². The monoisotopic (exact) mass is 233 g/mol. The Bertz CT molecular complexity index is 361. The first-order chi connectivity index (χ1) is 7.76. The van der Waals surface area contributed by atoms with Crippen LogP contribution in [0.5, 0.6) is 0 Å². The van der Waals surface area contributed by atoms with Crippen LogP contribution in [0.15, 0.2) is 29.2 Å². The molecule has 1 aliphatic carbocycles. The van der Waals surface area contributed by atoms with Gasteiger partial charge in [-0.15, -0.1) is 11.8 Å². The van der Waals surface area contributed by atoms with Gasteiger partial charge in [-0.05, 0) is 56.8 Å². The Morgan fingerprint density at radius 2 is 2.00 bits per heavy atom. The summed E-state index contributed by atoms with van der Waals surface area (Å²) in [5.41, 5.74) is 1.67. The number of rotatable bonds is 3. The van der Waals surface area contributed by atoms with Crippen molar-refractivity contribution in [3.05, 3.63) is 29.8 Å². The molecule has 1 saturated heterocycles. The fourth-order valence-electron chi connectivity index (χ4n) is 2.42. The molecule has 1 heterocycles. The van der Waals surface area contributed by atoms with Crippen LogP contribution in [0, 0.1) is 0 Å². The van der Waals surface area contributed by atoms with Gasteiger partial charge in [0.15, 0.2) is 0 Å². The van der Waals surface area contributed by atoms with E-state index in [0.29, 0.717) is 0 Å². The average molecular weight is 233 g/mol. The Morgan fingerprint density at radius 1 is 1.25 bits per heavy atom. The summed E-state index contributed by atoms with van der Waals surface area (Å²) in [6, 6.07) is 9.21. The third-order valence-electron chi connectivity index (χ3n) is 3.69. The molecule has 1 N–H and O–H groups in total. The van der Waals surface area contributed by atoms with Crippen LogP contribution < -0.4 is 5.32 Å². The fourth-order valence-corrected chi connectivity index (χ4v) is 3.47. The van der Waals surface area contributed by atoms with Crippen LogP contribution >= 0.6 is 11.8 Å². The second-order valence-electron chi connectivity index (χ2n) is 5.20. The zero-order valence-electron chi connectivity index (χ0n) is 9.83. The molecule has 2 fully saturated rings. The highest BCUT2D eigenvalue weighted by Crippen LogP contribution is 2.40. The minimum absolute atomic E-state index is 0.225. The van der Waals surface area contributed by atoms with E-state index >= 15 is 0 Å². The van der Waals surface area contributed by atoms with Crippen molar-refractivity contribution in [1.82, 2.24) is 5.32 Å². The first-order valence-corrected chi connectivity index (χ1v) is 7.16. The van der Waals surface area contributed by atoms with Crippen molar-refractivity contribution in [3.63, 3.8) is 0 Å². The molecule has 1 aromatic rings. The lowest BCUT2D eigenvalue weighted by atomic mass is 9.91. The lowest BCUT2D eigenvalue weighted by molar-refractivity contribution is 0.434. The summed E-state index contributed by atoms with van der Waals surface area (Å²) in [4.78, 5) is 1.44. The summed E-state index contributed by atoms with van der Waals surface area (Å²) in [6.07, 6.45) is 5.38. The SMILES string of the molecule is CC1(c2ccc(SC3CC3)cc2)CCCN1. The first kappa shape index (κ1) is 10.7. The molecular weight excluding hydrogens is 214 g/mol.